The number of piperazine rings is 1. The summed E-state index contributed by atoms with van der Waals surface area (Å²) in [4.78, 5) is 31.6. The van der Waals surface area contributed by atoms with E-state index in [2.05, 4.69) is 17.1 Å². The molecule has 5 N–H and O–H groups in total. The molecule has 240 valence electrons. The number of para-hydroxylation sites is 1. The van der Waals surface area contributed by atoms with Gasteiger partial charge in [0.1, 0.15) is 11.6 Å². The molecule has 0 spiro atoms. The van der Waals surface area contributed by atoms with Crippen LogP contribution in [0.15, 0.2) is 84.9 Å². The second kappa shape index (κ2) is 15.0. The number of rotatable bonds is 11. The number of ether oxygens (including phenoxy) is 1. The molecule has 4 aromatic carbocycles. The second-order valence-electron chi connectivity index (χ2n) is 11.3. The Balaban J connectivity index is 1.45. The molecule has 1 aliphatic heterocycles. The summed E-state index contributed by atoms with van der Waals surface area (Å²) in [5.74, 6) is -0.0143. The number of carbonyl (C=O) groups is 2. The molecule has 1 fully saturated rings. The molecule has 1 unspecified atom stereocenters. The first-order valence-electron chi connectivity index (χ1n) is 15.9. The Hall–Kier alpha value is -4.73. The van der Waals surface area contributed by atoms with Gasteiger partial charge in [0.05, 0.1) is 12.2 Å². The van der Waals surface area contributed by atoms with Crippen LogP contribution in [0.5, 0.6) is 5.75 Å². The Kier molecular flexibility index (Phi) is 10.7. The molecule has 2 amide bonds. The summed E-state index contributed by atoms with van der Waals surface area (Å²) >= 11 is 0. The van der Waals surface area contributed by atoms with E-state index in [1.165, 1.54) is 12.1 Å². The summed E-state index contributed by atoms with van der Waals surface area (Å²) < 4.78 is 20.3. The fourth-order valence-corrected chi connectivity index (χ4v) is 6.04. The lowest BCUT2D eigenvalue weighted by molar-refractivity contribution is 0.0720. The van der Waals surface area contributed by atoms with E-state index in [0.717, 1.165) is 40.1 Å². The van der Waals surface area contributed by atoms with Crippen LogP contribution in [0.25, 0.3) is 22.3 Å². The largest absolute Gasteiger partial charge is 0.493 e. The van der Waals surface area contributed by atoms with Crippen LogP contribution in [0.2, 0.25) is 0 Å². The minimum absolute atomic E-state index is 0.0481. The van der Waals surface area contributed by atoms with Crippen LogP contribution in [0, 0.1) is 5.82 Å². The van der Waals surface area contributed by atoms with E-state index in [0.29, 0.717) is 62.6 Å². The molecule has 5 rings (SSSR count). The average Bonchev–Trinajstić information content (AvgIpc) is 3.10. The van der Waals surface area contributed by atoms with Gasteiger partial charge in [-0.05, 0) is 72.0 Å². The predicted molar refractivity (Wildman–Crippen MR) is 181 cm³/mol. The summed E-state index contributed by atoms with van der Waals surface area (Å²) in [6.07, 6.45) is 0.749. The topological polar surface area (TPSA) is 114 Å². The third-order valence-corrected chi connectivity index (χ3v) is 8.43. The Labute approximate surface area is 270 Å². The molecule has 1 heterocycles. The summed E-state index contributed by atoms with van der Waals surface area (Å²) in [6.45, 7) is 7.05. The number of nitrogens with zero attached hydrogens (tertiary/aromatic N) is 2. The molecule has 0 aromatic heterocycles. The molecule has 4 aromatic rings. The van der Waals surface area contributed by atoms with E-state index in [9.17, 15) is 14.0 Å². The normalized spacial score (nSPS) is 14.7. The third kappa shape index (κ3) is 7.06. The second-order valence-corrected chi connectivity index (χ2v) is 11.3. The lowest BCUT2D eigenvalue weighted by atomic mass is 9.96. The molecule has 8 nitrogen and oxygen atoms in total. The zero-order valence-corrected chi connectivity index (χ0v) is 26.5. The van der Waals surface area contributed by atoms with Crippen molar-refractivity contribution < 1.29 is 18.7 Å². The highest BCUT2D eigenvalue weighted by Crippen LogP contribution is 2.35. The smallest absolute Gasteiger partial charge is 0.254 e. The van der Waals surface area contributed by atoms with Gasteiger partial charge in [-0.3, -0.25) is 9.59 Å². The van der Waals surface area contributed by atoms with E-state index >= 15 is 0 Å². The van der Waals surface area contributed by atoms with E-state index in [-0.39, 0.29) is 17.9 Å². The van der Waals surface area contributed by atoms with Crippen LogP contribution in [0.3, 0.4) is 0 Å². The fourth-order valence-electron chi connectivity index (χ4n) is 6.04. The molecular weight excluding hydrogens is 581 g/mol. The number of anilines is 1. The lowest BCUT2D eigenvalue weighted by Crippen LogP contribution is -2.55. The molecule has 0 aliphatic carbocycles. The van der Waals surface area contributed by atoms with Gasteiger partial charge in [0, 0.05) is 62.1 Å². The van der Waals surface area contributed by atoms with Crippen LogP contribution in [-0.4, -0.2) is 62.1 Å². The van der Waals surface area contributed by atoms with Crippen LogP contribution < -0.4 is 26.4 Å². The number of halogens is 1. The van der Waals surface area contributed by atoms with Crippen molar-refractivity contribution >= 4 is 17.5 Å². The number of nitrogens with two attached hydrogens (primary N) is 2. The summed E-state index contributed by atoms with van der Waals surface area (Å²) in [6, 6.07) is 25.5. The molecule has 0 saturated carbocycles. The van der Waals surface area contributed by atoms with Crippen molar-refractivity contribution in [2.45, 2.75) is 32.9 Å². The summed E-state index contributed by atoms with van der Waals surface area (Å²) in [5.41, 5.74) is 17.3. The molecular formula is C37H42FN5O3. The number of nitrogens with one attached hydrogen (secondary N) is 1. The SMILES string of the molecule is CCOc1ccccc1-c1ccc(N2CCN(C(=O)c3ccc(F)cc3-c3ccc(CN)cc3)CC2CC)c(C(=O)NCCN)c1. The van der Waals surface area contributed by atoms with Crippen molar-refractivity contribution in [1.82, 2.24) is 10.2 Å². The first-order valence-corrected chi connectivity index (χ1v) is 15.9. The number of hydrogen-bond acceptors (Lipinski definition) is 6. The maximum absolute atomic E-state index is 14.4. The summed E-state index contributed by atoms with van der Waals surface area (Å²) in [7, 11) is 0. The van der Waals surface area contributed by atoms with Crippen molar-refractivity contribution in [3.8, 4) is 28.0 Å². The van der Waals surface area contributed by atoms with Gasteiger partial charge in [0.15, 0.2) is 0 Å². The quantitative estimate of drug-likeness (QED) is 0.205. The number of benzene rings is 4. The highest BCUT2D eigenvalue weighted by atomic mass is 19.1. The van der Waals surface area contributed by atoms with Gasteiger partial charge in [-0.2, -0.15) is 0 Å². The van der Waals surface area contributed by atoms with E-state index < -0.39 is 5.82 Å². The van der Waals surface area contributed by atoms with E-state index in [1.54, 1.807) is 6.07 Å². The van der Waals surface area contributed by atoms with Crippen LogP contribution in [0.1, 0.15) is 46.5 Å². The van der Waals surface area contributed by atoms with Gasteiger partial charge in [-0.25, -0.2) is 4.39 Å². The molecule has 46 heavy (non-hydrogen) atoms. The predicted octanol–water partition coefficient (Wildman–Crippen LogP) is 5.45. The fraction of sp³-hybridized carbons (Fsp3) is 0.297. The van der Waals surface area contributed by atoms with E-state index in [1.807, 2.05) is 78.6 Å². The highest BCUT2D eigenvalue weighted by molar-refractivity contribution is 6.02. The molecule has 1 saturated heterocycles. The lowest BCUT2D eigenvalue weighted by Gasteiger charge is -2.43. The molecule has 1 aliphatic rings. The Bertz CT molecular complexity index is 1680. The molecule has 0 radical (unpaired) electrons. The van der Waals surface area contributed by atoms with Crippen molar-refractivity contribution in [3.63, 3.8) is 0 Å². The van der Waals surface area contributed by atoms with Gasteiger partial charge in [0.25, 0.3) is 11.8 Å². The molecule has 0 bridgehead atoms. The first-order chi connectivity index (χ1) is 22.4. The van der Waals surface area contributed by atoms with Crippen molar-refractivity contribution in [2.24, 2.45) is 11.5 Å². The van der Waals surface area contributed by atoms with Gasteiger partial charge < -0.3 is 31.3 Å². The zero-order chi connectivity index (χ0) is 32.6. The van der Waals surface area contributed by atoms with Crippen LogP contribution in [0.4, 0.5) is 10.1 Å². The Morgan fingerprint density at radius 1 is 0.891 bits per heavy atom. The third-order valence-electron chi connectivity index (χ3n) is 8.43. The zero-order valence-electron chi connectivity index (χ0n) is 26.5. The standard InChI is InChI=1S/C37H42FN5O3/c1-3-29-24-42(37(45)31-15-14-28(38)22-32(31)26-11-9-25(23-40)10-12-26)19-20-43(29)34-16-13-27(21-33(34)36(44)41-18-17-39)30-7-5-6-8-35(30)46-4-2/h5-16,21-22,29H,3-4,17-20,23-24,39-40H2,1-2H3,(H,41,44). The number of hydrogen-bond donors (Lipinski definition) is 3. The van der Waals surface area contributed by atoms with Gasteiger partial charge >= 0.3 is 0 Å². The Morgan fingerprint density at radius 3 is 2.37 bits per heavy atom. The van der Waals surface area contributed by atoms with Crippen molar-refractivity contribution in [1.29, 1.82) is 0 Å². The van der Waals surface area contributed by atoms with E-state index in [4.69, 9.17) is 16.2 Å². The highest BCUT2D eigenvalue weighted by Gasteiger charge is 2.32. The van der Waals surface area contributed by atoms with Gasteiger partial charge in [-0.15, -0.1) is 0 Å². The maximum atomic E-state index is 14.4. The monoisotopic (exact) mass is 623 g/mol. The van der Waals surface area contributed by atoms with Crippen LogP contribution in [-0.2, 0) is 6.54 Å². The minimum Gasteiger partial charge on any atom is -0.493 e. The van der Waals surface area contributed by atoms with Crippen LogP contribution >= 0.6 is 0 Å². The minimum atomic E-state index is -0.404. The summed E-state index contributed by atoms with van der Waals surface area (Å²) in [5, 5.41) is 2.94. The molecule has 1 atom stereocenters. The number of amides is 2. The molecule has 9 heteroatoms. The maximum Gasteiger partial charge on any atom is 0.254 e. The average molecular weight is 624 g/mol. The van der Waals surface area contributed by atoms with Gasteiger partial charge in [-0.1, -0.05) is 55.5 Å². The van der Waals surface area contributed by atoms with Gasteiger partial charge in [0.2, 0.25) is 0 Å². The Morgan fingerprint density at radius 2 is 1.65 bits per heavy atom. The number of carbonyl (C=O) groups excluding carboxylic acids is 2. The first kappa shape index (κ1) is 32.7. The van der Waals surface area contributed by atoms with Crippen molar-refractivity contribution in [3.05, 3.63) is 107 Å². The van der Waals surface area contributed by atoms with Crippen molar-refractivity contribution in [2.75, 3.05) is 44.2 Å².